The summed E-state index contributed by atoms with van der Waals surface area (Å²) < 4.78 is 33.1. The number of hydrogen-bond acceptors (Lipinski definition) is 5. The van der Waals surface area contributed by atoms with Gasteiger partial charge in [-0.1, -0.05) is 25.5 Å². The van der Waals surface area contributed by atoms with Crippen LogP contribution in [-0.4, -0.2) is 56.8 Å². The Morgan fingerprint density at radius 2 is 1.76 bits per heavy atom. The Labute approximate surface area is 203 Å². The average Bonchev–Trinajstić information content (AvgIpc) is 2.85. The number of amides is 1. The summed E-state index contributed by atoms with van der Waals surface area (Å²) in [6, 6.07) is 12.2. The van der Waals surface area contributed by atoms with Gasteiger partial charge in [0.05, 0.1) is 17.7 Å². The van der Waals surface area contributed by atoms with Crippen LogP contribution in [0.15, 0.2) is 47.4 Å². The maximum Gasteiger partial charge on any atom is 0.255 e. The molecule has 34 heavy (non-hydrogen) atoms. The highest BCUT2D eigenvalue weighted by Gasteiger charge is 2.27. The molecule has 1 amide bonds. The normalized spacial score (nSPS) is 20.1. The summed E-state index contributed by atoms with van der Waals surface area (Å²) in [6.45, 7) is 6.45. The van der Waals surface area contributed by atoms with Crippen LogP contribution in [0.4, 0.5) is 5.69 Å². The SMILES string of the molecule is COc1ccc(S(=O)(=O)N2CCCCC2)cc1NC(=O)c1ccc(CN2CCC[C@@H](C)C2)cc1. The monoisotopic (exact) mass is 485 g/mol. The first kappa shape index (κ1) is 24.7. The molecule has 7 nitrogen and oxygen atoms in total. The van der Waals surface area contributed by atoms with E-state index in [9.17, 15) is 13.2 Å². The number of nitrogens with zero attached hydrogens (tertiary/aromatic N) is 2. The predicted molar refractivity (Wildman–Crippen MR) is 134 cm³/mol. The molecule has 1 N–H and O–H groups in total. The number of methoxy groups -OCH3 is 1. The summed E-state index contributed by atoms with van der Waals surface area (Å²) in [4.78, 5) is 15.6. The van der Waals surface area contributed by atoms with E-state index in [-0.39, 0.29) is 10.8 Å². The fraction of sp³-hybridized carbons (Fsp3) is 0.500. The summed E-state index contributed by atoms with van der Waals surface area (Å²) in [5.41, 5.74) is 2.04. The molecule has 2 saturated heterocycles. The third-order valence-corrected chi connectivity index (χ3v) is 8.63. The Morgan fingerprint density at radius 1 is 1.03 bits per heavy atom. The zero-order chi connectivity index (χ0) is 24.1. The molecule has 8 heteroatoms. The van der Waals surface area contributed by atoms with Crippen molar-refractivity contribution in [2.24, 2.45) is 5.92 Å². The van der Waals surface area contributed by atoms with Crippen LogP contribution in [0, 0.1) is 5.92 Å². The third-order valence-electron chi connectivity index (χ3n) is 6.74. The summed E-state index contributed by atoms with van der Waals surface area (Å²) in [7, 11) is -2.11. The first-order chi connectivity index (χ1) is 16.4. The standard InChI is InChI=1S/C26H35N3O4S/c1-20-7-6-14-28(18-20)19-21-8-10-22(11-9-21)26(30)27-24-17-23(12-13-25(24)33-2)34(31,32)29-15-4-3-5-16-29/h8-13,17,20H,3-7,14-16,18-19H2,1-2H3,(H,27,30)/t20-/m1/s1. The van der Waals surface area contributed by atoms with E-state index < -0.39 is 10.0 Å². The van der Waals surface area contributed by atoms with Crippen molar-refractivity contribution < 1.29 is 17.9 Å². The van der Waals surface area contributed by atoms with Crippen molar-refractivity contribution in [3.8, 4) is 5.75 Å². The molecule has 184 valence electrons. The molecule has 0 unspecified atom stereocenters. The molecule has 2 aliphatic rings. The maximum absolute atomic E-state index is 13.1. The second-order valence-corrected chi connectivity index (χ2v) is 11.4. The minimum atomic E-state index is -3.61. The van der Waals surface area contributed by atoms with E-state index in [1.165, 1.54) is 42.0 Å². The zero-order valence-electron chi connectivity index (χ0n) is 20.1. The summed E-state index contributed by atoms with van der Waals surface area (Å²) in [6.07, 6.45) is 5.30. The van der Waals surface area contributed by atoms with Crippen LogP contribution in [0.25, 0.3) is 0 Å². The number of nitrogens with one attached hydrogen (secondary N) is 1. The molecule has 2 aromatic carbocycles. The Morgan fingerprint density at radius 3 is 2.44 bits per heavy atom. The Kier molecular flexibility index (Phi) is 7.91. The van der Waals surface area contributed by atoms with E-state index in [2.05, 4.69) is 17.1 Å². The van der Waals surface area contributed by atoms with Crippen molar-refractivity contribution in [1.29, 1.82) is 0 Å². The van der Waals surface area contributed by atoms with Gasteiger partial charge >= 0.3 is 0 Å². The van der Waals surface area contributed by atoms with Crippen LogP contribution in [0.5, 0.6) is 5.75 Å². The highest BCUT2D eigenvalue weighted by molar-refractivity contribution is 7.89. The molecular weight excluding hydrogens is 450 g/mol. The molecule has 4 rings (SSSR count). The lowest BCUT2D eigenvalue weighted by molar-refractivity contribution is 0.102. The Bertz CT molecular complexity index is 1100. The van der Waals surface area contributed by atoms with Crippen LogP contribution >= 0.6 is 0 Å². The zero-order valence-corrected chi connectivity index (χ0v) is 20.9. The van der Waals surface area contributed by atoms with E-state index in [4.69, 9.17) is 4.74 Å². The second kappa shape index (κ2) is 10.9. The number of carbonyl (C=O) groups excluding carboxylic acids is 1. The van der Waals surface area contributed by atoms with E-state index in [0.29, 0.717) is 30.1 Å². The molecule has 0 aromatic heterocycles. The fourth-order valence-electron chi connectivity index (χ4n) is 4.84. The molecule has 2 aliphatic heterocycles. The van der Waals surface area contributed by atoms with Crippen molar-refractivity contribution in [3.63, 3.8) is 0 Å². The van der Waals surface area contributed by atoms with Gasteiger partial charge in [-0.2, -0.15) is 4.31 Å². The molecule has 1 atom stereocenters. The number of anilines is 1. The van der Waals surface area contributed by atoms with Gasteiger partial charge in [0.1, 0.15) is 5.75 Å². The van der Waals surface area contributed by atoms with Crippen molar-refractivity contribution in [2.75, 3.05) is 38.6 Å². The quantitative estimate of drug-likeness (QED) is 0.631. The minimum absolute atomic E-state index is 0.164. The number of carbonyl (C=O) groups is 1. The maximum atomic E-state index is 13.1. The molecule has 0 bridgehead atoms. The summed E-state index contributed by atoms with van der Waals surface area (Å²) >= 11 is 0. The largest absolute Gasteiger partial charge is 0.495 e. The first-order valence-electron chi connectivity index (χ1n) is 12.2. The lowest BCUT2D eigenvalue weighted by Crippen LogP contribution is -2.35. The number of likely N-dealkylation sites (tertiary alicyclic amines) is 1. The van der Waals surface area contributed by atoms with Crippen molar-refractivity contribution >= 4 is 21.6 Å². The van der Waals surface area contributed by atoms with Crippen LogP contribution in [0.2, 0.25) is 0 Å². The van der Waals surface area contributed by atoms with E-state index in [1.807, 2.05) is 24.3 Å². The van der Waals surface area contributed by atoms with Gasteiger partial charge in [0.2, 0.25) is 10.0 Å². The highest BCUT2D eigenvalue weighted by atomic mass is 32.2. The van der Waals surface area contributed by atoms with Gasteiger partial charge in [-0.05, 0) is 74.0 Å². The second-order valence-electron chi connectivity index (χ2n) is 9.46. The van der Waals surface area contributed by atoms with Crippen molar-refractivity contribution in [3.05, 3.63) is 53.6 Å². The van der Waals surface area contributed by atoms with Crippen molar-refractivity contribution in [2.45, 2.75) is 50.5 Å². The van der Waals surface area contributed by atoms with Crippen molar-refractivity contribution in [1.82, 2.24) is 9.21 Å². The molecule has 0 saturated carbocycles. The number of ether oxygens (including phenoxy) is 1. The van der Waals surface area contributed by atoms with E-state index >= 15 is 0 Å². The molecule has 0 radical (unpaired) electrons. The van der Waals surface area contributed by atoms with Gasteiger partial charge in [-0.15, -0.1) is 0 Å². The molecular formula is C26H35N3O4S. The van der Waals surface area contributed by atoms with Gasteiger partial charge in [0, 0.05) is 31.7 Å². The number of hydrogen-bond donors (Lipinski definition) is 1. The van der Waals surface area contributed by atoms with Crippen LogP contribution < -0.4 is 10.1 Å². The minimum Gasteiger partial charge on any atom is -0.495 e. The molecule has 2 aromatic rings. The van der Waals surface area contributed by atoms with Crippen LogP contribution in [0.1, 0.15) is 54.9 Å². The lowest BCUT2D eigenvalue weighted by Gasteiger charge is -2.30. The fourth-order valence-corrected chi connectivity index (χ4v) is 6.39. The Hall–Kier alpha value is -2.42. The summed E-state index contributed by atoms with van der Waals surface area (Å²) in [5.74, 6) is 0.842. The van der Waals surface area contributed by atoms with Gasteiger partial charge in [0.15, 0.2) is 0 Å². The topological polar surface area (TPSA) is 79.0 Å². The van der Waals surface area contributed by atoms with Gasteiger partial charge in [0.25, 0.3) is 5.91 Å². The number of benzene rings is 2. The van der Waals surface area contributed by atoms with E-state index in [1.54, 1.807) is 6.07 Å². The van der Waals surface area contributed by atoms with Crippen LogP contribution in [0.3, 0.4) is 0 Å². The molecule has 0 spiro atoms. The average molecular weight is 486 g/mol. The molecule has 0 aliphatic carbocycles. The predicted octanol–water partition coefficient (Wildman–Crippen LogP) is 4.35. The number of piperidine rings is 2. The third kappa shape index (κ3) is 5.79. The highest BCUT2D eigenvalue weighted by Crippen LogP contribution is 2.30. The molecule has 2 heterocycles. The first-order valence-corrected chi connectivity index (χ1v) is 13.6. The van der Waals surface area contributed by atoms with Gasteiger partial charge in [-0.25, -0.2) is 8.42 Å². The van der Waals surface area contributed by atoms with Crippen LogP contribution in [-0.2, 0) is 16.6 Å². The van der Waals surface area contributed by atoms with Gasteiger partial charge in [-0.3, -0.25) is 9.69 Å². The number of sulfonamides is 1. The Balaban J connectivity index is 1.47. The smallest absolute Gasteiger partial charge is 0.255 e. The van der Waals surface area contributed by atoms with Gasteiger partial charge < -0.3 is 10.1 Å². The lowest BCUT2D eigenvalue weighted by atomic mass is 9.99. The van der Waals surface area contributed by atoms with E-state index in [0.717, 1.165) is 44.8 Å². The number of rotatable bonds is 7. The molecule has 2 fully saturated rings. The summed E-state index contributed by atoms with van der Waals surface area (Å²) in [5, 5.41) is 2.84.